The molecule has 15 heavy (non-hydrogen) atoms. The SMILES string of the molecule is NC(=O)Oc1cccc2ccc(O)cc12. The first-order valence-corrected chi connectivity index (χ1v) is 4.36. The maximum Gasteiger partial charge on any atom is 0.409 e. The number of primary amides is 1. The monoisotopic (exact) mass is 203 g/mol. The Hall–Kier alpha value is -2.23. The molecule has 4 heteroatoms. The fourth-order valence-electron chi connectivity index (χ4n) is 1.43. The van der Waals surface area contributed by atoms with Crippen molar-refractivity contribution < 1.29 is 14.6 Å². The lowest BCUT2D eigenvalue weighted by atomic mass is 10.1. The summed E-state index contributed by atoms with van der Waals surface area (Å²) in [7, 11) is 0. The Morgan fingerprint density at radius 2 is 2.07 bits per heavy atom. The highest BCUT2D eigenvalue weighted by Gasteiger charge is 2.05. The second kappa shape index (κ2) is 3.49. The number of nitrogens with two attached hydrogens (primary N) is 1. The van der Waals surface area contributed by atoms with Crippen molar-refractivity contribution in [1.82, 2.24) is 0 Å². The van der Waals surface area contributed by atoms with Crippen LogP contribution in [0.5, 0.6) is 11.5 Å². The van der Waals surface area contributed by atoms with Crippen LogP contribution in [0, 0.1) is 0 Å². The largest absolute Gasteiger partial charge is 0.508 e. The molecule has 0 heterocycles. The molecule has 0 aromatic heterocycles. The summed E-state index contributed by atoms with van der Waals surface area (Å²) >= 11 is 0. The molecule has 0 fully saturated rings. The predicted octanol–water partition coefficient (Wildman–Crippen LogP) is 2.00. The fraction of sp³-hybridized carbons (Fsp3) is 0. The molecule has 0 saturated heterocycles. The van der Waals surface area contributed by atoms with Gasteiger partial charge in [-0.25, -0.2) is 4.79 Å². The molecule has 0 bridgehead atoms. The molecule has 2 aromatic carbocycles. The van der Waals surface area contributed by atoms with Crippen LogP contribution in [0.4, 0.5) is 4.79 Å². The number of phenols is 1. The third-order valence-electron chi connectivity index (χ3n) is 2.04. The molecule has 0 spiro atoms. The Labute approximate surface area is 85.9 Å². The van der Waals surface area contributed by atoms with Gasteiger partial charge in [-0.3, -0.25) is 0 Å². The molecule has 0 aliphatic rings. The first kappa shape index (κ1) is 9.33. The quantitative estimate of drug-likeness (QED) is 0.744. The number of rotatable bonds is 1. The highest BCUT2D eigenvalue weighted by molar-refractivity contribution is 5.91. The summed E-state index contributed by atoms with van der Waals surface area (Å²) < 4.78 is 4.81. The van der Waals surface area contributed by atoms with Gasteiger partial charge in [0, 0.05) is 5.39 Å². The molecule has 4 nitrogen and oxygen atoms in total. The molecular weight excluding hydrogens is 194 g/mol. The molecule has 0 atom stereocenters. The molecule has 0 radical (unpaired) electrons. The van der Waals surface area contributed by atoms with Crippen molar-refractivity contribution in [3.8, 4) is 11.5 Å². The van der Waals surface area contributed by atoms with Crippen LogP contribution in [-0.2, 0) is 0 Å². The average molecular weight is 203 g/mol. The van der Waals surface area contributed by atoms with Gasteiger partial charge in [-0.1, -0.05) is 18.2 Å². The zero-order valence-corrected chi connectivity index (χ0v) is 7.81. The summed E-state index contributed by atoms with van der Waals surface area (Å²) in [6, 6.07) is 10.0. The van der Waals surface area contributed by atoms with Crippen LogP contribution in [0.25, 0.3) is 10.8 Å². The van der Waals surface area contributed by atoms with Crippen molar-refractivity contribution in [2.75, 3.05) is 0 Å². The van der Waals surface area contributed by atoms with Gasteiger partial charge in [0.2, 0.25) is 0 Å². The van der Waals surface area contributed by atoms with Crippen LogP contribution in [0.2, 0.25) is 0 Å². The van der Waals surface area contributed by atoms with Gasteiger partial charge in [0.05, 0.1) is 0 Å². The topological polar surface area (TPSA) is 72.6 Å². The van der Waals surface area contributed by atoms with Crippen LogP contribution < -0.4 is 10.5 Å². The Bertz CT molecular complexity index is 522. The zero-order valence-electron chi connectivity index (χ0n) is 7.81. The van der Waals surface area contributed by atoms with Crippen molar-refractivity contribution in [2.45, 2.75) is 0 Å². The molecule has 0 aliphatic heterocycles. The minimum atomic E-state index is -0.870. The molecule has 2 rings (SSSR count). The lowest BCUT2D eigenvalue weighted by molar-refractivity contribution is 0.211. The standard InChI is InChI=1S/C11H9NO3/c12-11(14)15-10-3-1-2-7-4-5-8(13)6-9(7)10/h1-6,13H,(H2,12,14). The Morgan fingerprint density at radius 1 is 1.27 bits per heavy atom. The van der Waals surface area contributed by atoms with Crippen molar-refractivity contribution >= 4 is 16.9 Å². The number of carbonyl (C=O) groups is 1. The van der Waals surface area contributed by atoms with Gasteiger partial charge in [-0.05, 0) is 23.6 Å². The smallest absolute Gasteiger partial charge is 0.409 e. The Balaban J connectivity index is 2.63. The highest BCUT2D eigenvalue weighted by atomic mass is 16.5. The Morgan fingerprint density at radius 3 is 2.80 bits per heavy atom. The fourth-order valence-corrected chi connectivity index (χ4v) is 1.43. The molecule has 1 amide bonds. The third kappa shape index (κ3) is 1.83. The van der Waals surface area contributed by atoms with Crippen molar-refractivity contribution in [2.24, 2.45) is 5.73 Å². The van der Waals surface area contributed by atoms with E-state index in [1.54, 1.807) is 24.3 Å². The Kier molecular flexibility index (Phi) is 2.17. The molecule has 0 aliphatic carbocycles. The minimum absolute atomic E-state index is 0.114. The van der Waals surface area contributed by atoms with Crippen LogP contribution in [0.3, 0.4) is 0 Å². The summed E-state index contributed by atoms with van der Waals surface area (Å²) in [5.41, 5.74) is 4.93. The number of carbonyl (C=O) groups excluding carboxylic acids is 1. The van der Waals surface area contributed by atoms with Gasteiger partial charge in [0.15, 0.2) is 0 Å². The summed E-state index contributed by atoms with van der Waals surface area (Å²) in [5, 5.41) is 10.8. The van der Waals surface area contributed by atoms with E-state index in [1.807, 2.05) is 6.07 Å². The molecule has 76 valence electrons. The van der Waals surface area contributed by atoms with E-state index in [-0.39, 0.29) is 5.75 Å². The van der Waals surface area contributed by atoms with Crippen LogP contribution in [-0.4, -0.2) is 11.2 Å². The van der Waals surface area contributed by atoms with E-state index in [0.29, 0.717) is 11.1 Å². The molecule has 0 saturated carbocycles. The van der Waals surface area contributed by atoms with E-state index in [4.69, 9.17) is 10.5 Å². The first-order valence-electron chi connectivity index (χ1n) is 4.36. The van der Waals surface area contributed by atoms with E-state index < -0.39 is 6.09 Å². The van der Waals surface area contributed by atoms with Crippen LogP contribution in [0.15, 0.2) is 36.4 Å². The number of hydrogen-bond donors (Lipinski definition) is 2. The third-order valence-corrected chi connectivity index (χ3v) is 2.04. The maximum absolute atomic E-state index is 10.6. The van der Waals surface area contributed by atoms with E-state index in [0.717, 1.165) is 5.39 Å². The first-order chi connectivity index (χ1) is 7.16. The number of hydrogen-bond acceptors (Lipinski definition) is 3. The van der Waals surface area contributed by atoms with Crippen molar-refractivity contribution in [3.05, 3.63) is 36.4 Å². The van der Waals surface area contributed by atoms with Crippen LogP contribution in [0.1, 0.15) is 0 Å². The van der Waals surface area contributed by atoms with Crippen LogP contribution >= 0.6 is 0 Å². The normalized spacial score (nSPS) is 10.1. The van der Waals surface area contributed by atoms with E-state index >= 15 is 0 Å². The molecule has 2 aromatic rings. The number of benzene rings is 2. The summed E-state index contributed by atoms with van der Waals surface area (Å²) in [6.45, 7) is 0. The number of phenolic OH excluding ortho intramolecular Hbond substituents is 1. The number of aromatic hydroxyl groups is 1. The number of ether oxygens (including phenoxy) is 1. The summed E-state index contributed by atoms with van der Waals surface area (Å²) in [4.78, 5) is 10.6. The van der Waals surface area contributed by atoms with Gasteiger partial charge in [0.1, 0.15) is 11.5 Å². The lowest BCUT2D eigenvalue weighted by Gasteiger charge is -2.05. The molecular formula is C11H9NO3. The van der Waals surface area contributed by atoms with Crippen molar-refractivity contribution in [1.29, 1.82) is 0 Å². The predicted molar refractivity (Wildman–Crippen MR) is 55.8 cm³/mol. The number of fused-ring (bicyclic) bond motifs is 1. The average Bonchev–Trinajstić information content (AvgIpc) is 2.18. The van der Waals surface area contributed by atoms with Crippen molar-refractivity contribution in [3.63, 3.8) is 0 Å². The summed E-state index contributed by atoms with van der Waals surface area (Å²) in [6.07, 6.45) is -0.870. The second-order valence-corrected chi connectivity index (χ2v) is 3.08. The maximum atomic E-state index is 10.6. The lowest BCUT2D eigenvalue weighted by Crippen LogP contribution is -2.16. The van der Waals surface area contributed by atoms with E-state index in [2.05, 4.69) is 0 Å². The molecule has 0 unspecified atom stereocenters. The minimum Gasteiger partial charge on any atom is -0.508 e. The number of amides is 1. The van der Waals surface area contributed by atoms with Gasteiger partial charge in [0.25, 0.3) is 0 Å². The van der Waals surface area contributed by atoms with E-state index in [1.165, 1.54) is 6.07 Å². The second-order valence-electron chi connectivity index (χ2n) is 3.08. The zero-order chi connectivity index (χ0) is 10.8. The van der Waals surface area contributed by atoms with E-state index in [9.17, 15) is 9.90 Å². The van der Waals surface area contributed by atoms with Gasteiger partial charge in [-0.2, -0.15) is 0 Å². The van der Waals surface area contributed by atoms with Gasteiger partial charge < -0.3 is 15.6 Å². The highest BCUT2D eigenvalue weighted by Crippen LogP contribution is 2.28. The van der Waals surface area contributed by atoms with Gasteiger partial charge in [-0.15, -0.1) is 0 Å². The van der Waals surface area contributed by atoms with Gasteiger partial charge >= 0.3 is 6.09 Å². The summed E-state index contributed by atoms with van der Waals surface area (Å²) in [5.74, 6) is 0.457. The molecule has 3 N–H and O–H groups in total.